The second kappa shape index (κ2) is 6.39. The summed E-state index contributed by atoms with van der Waals surface area (Å²) in [6, 6.07) is 3.41. The van der Waals surface area contributed by atoms with E-state index < -0.39 is 5.97 Å². The molecule has 1 N–H and O–H groups in total. The molecule has 1 aromatic rings. The average Bonchev–Trinajstić information content (AvgIpc) is 2.38. The first kappa shape index (κ1) is 14.3. The first-order valence-corrected chi connectivity index (χ1v) is 7.15. The fraction of sp³-hybridized carbons (Fsp3) is 0.500. The van der Waals surface area contributed by atoms with E-state index in [9.17, 15) is 9.90 Å². The summed E-state index contributed by atoms with van der Waals surface area (Å²) in [7, 11) is 0. The standard InChI is InChI=1S/C14H17BrO4/c1-9-6-10(15)7-12(14(16)17)13(9)19-8-11-4-2-3-5-18-11/h6-7,11H,2-5,8H2,1H3,(H,16,17). The zero-order valence-corrected chi connectivity index (χ0v) is 12.4. The Morgan fingerprint density at radius 2 is 2.32 bits per heavy atom. The second-order valence-electron chi connectivity index (χ2n) is 4.70. The number of rotatable bonds is 4. The molecule has 5 heteroatoms. The molecule has 2 rings (SSSR count). The van der Waals surface area contributed by atoms with E-state index in [1.54, 1.807) is 6.07 Å². The van der Waals surface area contributed by atoms with Crippen LogP contribution in [-0.4, -0.2) is 30.4 Å². The molecule has 1 aromatic carbocycles. The minimum Gasteiger partial charge on any atom is -0.490 e. The lowest BCUT2D eigenvalue weighted by Crippen LogP contribution is -2.26. The Bertz CT molecular complexity index is 467. The van der Waals surface area contributed by atoms with Crippen LogP contribution >= 0.6 is 15.9 Å². The van der Waals surface area contributed by atoms with Crippen molar-refractivity contribution in [1.29, 1.82) is 0 Å². The third-order valence-corrected chi connectivity index (χ3v) is 3.62. The van der Waals surface area contributed by atoms with Gasteiger partial charge in [-0.05, 0) is 43.9 Å². The van der Waals surface area contributed by atoms with Crippen LogP contribution in [0.1, 0.15) is 35.2 Å². The Hall–Kier alpha value is -1.07. The maximum absolute atomic E-state index is 11.2. The number of benzene rings is 1. The predicted octanol–water partition coefficient (Wildman–Crippen LogP) is 3.40. The van der Waals surface area contributed by atoms with Crippen LogP contribution in [0.5, 0.6) is 5.75 Å². The molecular weight excluding hydrogens is 312 g/mol. The lowest BCUT2D eigenvalue weighted by Gasteiger charge is -2.23. The SMILES string of the molecule is Cc1cc(Br)cc(C(=O)O)c1OCC1CCCCO1. The van der Waals surface area contributed by atoms with Crippen molar-refractivity contribution in [3.63, 3.8) is 0 Å². The summed E-state index contributed by atoms with van der Waals surface area (Å²) in [5, 5.41) is 9.22. The Morgan fingerprint density at radius 3 is 2.95 bits per heavy atom. The molecule has 0 amide bonds. The Kier molecular flexibility index (Phi) is 4.82. The van der Waals surface area contributed by atoms with Crippen LogP contribution in [-0.2, 0) is 4.74 Å². The number of halogens is 1. The van der Waals surface area contributed by atoms with Gasteiger partial charge in [0.25, 0.3) is 0 Å². The quantitative estimate of drug-likeness (QED) is 0.920. The first-order valence-electron chi connectivity index (χ1n) is 6.36. The third-order valence-electron chi connectivity index (χ3n) is 3.16. The topological polar surface area (TPSA) is 55.8 Å². The van der Waals surface area contributed by atoms with Gasteiger partial charge in [0.15, 0.2) is 0 Å². The van der Waals surface area contributed by atoms with Gasteiger partial charge in [-0.15, -0.1) is 0 Å². The van der Waals surface area contributed by atoms with E-state index >= 15 is 0 Å². The number of aromatic carboxylic acids is 1. The molecule has 1 atom stereocenters. The largest absolute Gasteiger partial charge is 0.490 e. The fourth-order valence-corrected chi connectivity index (χ4v) is 2.77. The molecular formula is C14H17BrO4. The molecule has 4 nitrogen and oxygen atoms in total. The maximum Gasteiger partial charge on any atom is 0.339 e. The smallest absolute Gasteiger partial charge is 0.339 e. The van der Waals surface area contributed by atoms with Crippen LogP contribution in [0.2, 0.25) is 0 Å². The van der Waals surface area contributed by atoms with Gasteiger partial charge in [0.1, 0.15) is 17.9 Å². The molecule has 1 aliphatic heterocycles. The van der Waals surface area contributed by atoms with E-state index in [-0.39, 0.29) is 11.7 Å². The van der Waals surface area contributed by atoms with E-state index in [1.807, 2.05) is 13.0 Å². The molecule has 0 bridgehead atoms. The van der Waals surface area contributed by atoms with Gasteiger partial charge in [-0.2, -0.15) is 0 Å². The number of aryl methyl sites for hydroxylation is 1. The summed E-state index contributed by atoms with van der Waals surface area (Å²) in [6.45, 7) is 3.01. The molecule has 104 valence electrons. The van der Waals surface area contributed by atoms with E-state index in [0.29, 0.717) is 12.4 Å². The summed E-state index contributed by atoms with van der Waals surface area (Å²) in [6.07, 6.45) is 3.27. The van der Waals surface area contributed by atoms with Crippen molar-refractivity contribution in [2.75, 3.05) is 13.2 Å². The van der Waals surface area contributed by atoms with Gasteiger partial charge >= 0.3 is 5.97 Å². The molecule has 1 heterocycles. The van der Waals surface area contributed by atoms with E-state index in [0.717, 1.165) is 35.9 Å². The summed E-state index contributed by atoms with van der Waals surface area (Å²) < 4.78 is 12.0. The van der Waals surface area contributed by atoms with Gasteiger partial charge in [-0.25, -0.2) is 4.79 Å². The summed E-state index contributed by atoms with van der Waals surface area (Å²) >= 11 is 3.30. The van der Waals surface area contributed by atoms with Crippen molar-refractivity contribution in [2.24, 2.45) is 0 Å². The van der Waals surface area contributed by atoms with Gasteiger partial charge in [0.2, 0.25) is 0 Å². The van der Waals surface area contributed by atoms with Gasteiger partial charge in [0.05, 0.1) is 6.10 Å². The number of hydrogen-bond acceptors (Lipinski definition) is 3. The summed E-state index contributed by atoms with van der Waals surface area (Å²) in [5.41, 5.74) is 0.991. The van der Waals surface area contributed by atoms with Gasteiger partial charge in [0, 0.05) is 11.1 Å². The van der Waals surface area contributed by atoms with Crippen LogP contribution in [0, 0.1) is 6.92 Å². The average molecular weight is 329 g/mol. The highest BCUT2D eigenvalue weighted by molar-refractivity contribution is 9.10. The van der Waals surface area contributed by atoms with Crippen LogP contribution in [0.3, 0.4) is 0 Å². The molecule has 19 heavy (non-hydrogen) atoms. The summed E-state index contributed by atoms with van der Waals surface area (Å²) in [5.74, 6) is -0.547. The minimum absolute atomic E-state index is 0.0680. The van der Waals surface area contributed by atoms with Crippen molar-refractivity contribution in [3.05, 3.63) is 27.7 Å². The third kappa shape index (κ3) is 3.70. The lowest BCUT2D eigenvalue weighted by molar-refractivity contribution is -0.0114. The second-order valence-corrected chi connectivity index (χ2v) is 5.62. The van der Waals surface area contributed by atoms with Gasteiger partial charge < -0.3 is 14.6 Å². The minimum atomic E-state index is -0.982. The monoisotopic (exact) mass is 328 g/mol. The van der Waals surface area contributed by atoms with Crippen molar-refractivity contribution in [3.8, 4) is 5.75 Å². The number of hydrogen-bond donors (Lipinski definition) is 1. The van der Waals surface area contributed by atoms with Crippen molar-refractivity contribution < 1.29 is 19.4 Å². The molecule has 0 spiro atoms. The lowest BCUT2D eigenvalue weighted by atomic mass is 10.1. The van der Waals surface area contributed by atoms with Crippen LogP contribution in [0.15, 0.2) is 16.6 Å². The molecule has 0 radical (unpaired) electrons. The van der Waals surface area contributed by atoms with E-state index in [4.69, 9.17) is 9.47 Å². The number of carboxylic acids is 1. The molecule has 1 fully saturated rings. The molecule has 0 aromatic heterocycles. The van der Waals surface area contributed by atoms with Crippen LogP contribution in [0.4, 0.5) is 0 Å². The molecule has 1 saturated heterocycles. The Labute approximate surface area is 120 Å². The molecule has 1 unspecified atom stereocenters. The molecule has 0 aliphatic carbocycles. The number of carboxylic acid groups (broad SMARTS) is 1. The normalized spacial score (nSPS) is 19.2. The maximum atomic E-state index is 11.2. The van der Waals surface area contributed by atoms with Crippen molar-refractivity contribution in [1.82, 2.24) is 0 Å². The zero-order chi connectivity index (χ0) is 13.8. The highest BCUT2D eigenvalue weighted by atomic mass is 79.9. The Balaban J connectivity index is 2.12. The first-order chi connectivity index (χ1) is 9.08. The van der Waals surface area contributed by atoms with E-state index in [1.165, 1.54) is 0 Å². The zero-order valence-electron chi connectivity index (χ0n) is 10.8. The number of ether oxygens (including phenoxy) is 2. The highest BCUT2D eigenvalue weighted by Crippen LogP contribution is 2.28. The van der Waals surface area contributed by atoms with Crippen LogP contribution in [0.25, 0.3) is 0 Å². The van der Waals surface area contributed by atoms with Crippen LogP contribution < -0.4 is 4.74 Å². The Morgan fingerprint density at radius 1 is 1.53 bits per heavy atom. The highest BCUT2D eigenvalue weighted by Gasteiger charge is 2.19. The van der Waals surface area contributed by atoms with Gasteiger partial charge in [-0.3, -0.25) is 0 Å². The number of carbonyl (C=O) groups is 1. The molecule has 1 aliphatic rings. The van der Waals surface area contributed by atoms with Gasteiger partial charge in [-0.1, -0.05) is 15.9 Å². The summed E-state index contributed by atoms with van der Waals surface area (Å²) in [4.78, 5) is 11.2. The molecule has 0 saturated carbocycles. The van der Waals surface area contributed by atoms with Crippen molar-refractivity contribution in [2.45, 2.75) is 32.3 Å². The van der Waals surface area contributed by atoms with E-state index in [2.05, 4.69) is 15.9 Å². The van der Waals surface area contributed by atoms with Crippen molar-refractivity contribution >= 4 is 21.9 Å². The predicted molar refractivity (Wildman–Crippen MR) is 74.9 cm³/mol. The fourth-order valence-electron chi connectivity index (χ4n) is 2.20.